The first-order chi connectivity index (χ1) is 12.6. The van der Waals surface area contributed by atoms with Crippen LogP contribution >= 0.6 is 23.2 Å². The molecule has 0 aliphatic rings. The first kappa shape index (κ1) is 21.3. The normalized spacial score (nSPS) is 12.3. The van der Waals surface area contributed by atoms with E-state index in [0.717, 1.165) is 10.6 Å². The number of nitrogens with zero attached hydrogens (tertiary/aromatic N) is 1. The minimum Gasteiger partial charge on any atom is -0.492 e. The van der Waals surface area contributed by atoms with Gasteiger partial charge in [-0.05, 0) is 44.2 Å². The van der Waals surface area contributed by atoms with Gasteiger partial charge in [-0.3, -0.25) is 9.10 Å². The van der Waals surface area contributed by atoms with Gasteiger partial charge in [-0.15, -0.1) is 0 Å². The molecule has 0 aliphatic carbocycles. The van der Waals surface area contributed by atoms with Crippen LogP contribution < -0.4 is 14.4 Å². The van der Waals surface area contributed by atoms with E-state index >= 15 is 0 Å². The molecule has 0 bridgehead atoms. The zero-order valence-corrected chi connectivity index (χ0v) is 17.4. The minimum absolute atomic E-state index is 0.204. The highest BCUT2D eigenvalue weighted by Crippen LogP contribution is 2.29. The van der Waals surface area contributed by atoms with Gasteiger partial charge in [0.2, 0.25) is 15.9 Å². The first-order valence-corrected chi connectivity index (χ1v) is 10.7. The second-order valence-electron chi connectivity index (χ2n) is 5.78. The fraction of sp³-hybridized carbons (Fsp3) is 0.278. The molecule has 0 aromatic heterocycles. The molecule has 1 atom stereocenters. The van der Waals surface area contributed by atoms with Crippen molar-refractivity contribution in [3.63, 3.8) is 0 Å². The fourth-order valence-corrected chi connectivity index (χ4v) is 4.24. The standard InChI is InChI=1S/C18H20Cl2N2O4S/c1-4-26-17-8-6-5-7-16(17)21-18(23)12(2)22(27(3,24)25)15-10-13(19)9-14(20)11-15/h5-12H,4H2,1-3H3,(H,21,23). The van der Waals surface area contributed by atoms with E-state index in [0.29, 0.717) is 18.0 Å². The van der Waals surface area contributed by atoms with Crippen LogP contribution in [0.2, 0.25) is 10.0 Å². The summed E-state index contributed by atoms with van der Waals surface area (Å²) in [5.41, 5.74) is 0.657. The van der Waals surface area contributed by atoms with Crippen molar-refractivity contribution in [3.05, 3.63) is 52.5 Å². The van der Waals surface area contributed by atoms with Crippen LogP contribution in [0.4, 0.5) is 11.4 Å². The smallest absolute Gasteiger partial charge is 0.248 e. The van der Waals surface area contributed by atoms with Gasteiger partial charge in [0.1, 0.15) is 11.8 Å². The third kappa shape index (κ3) is 5.51. The van der Waals surface area contributed by atoms with E-state index in [1.807, 2.05) is 6.92 Å². The maximum Gasteiger partial charge on any atom is 0.248 e. The summed E-state index contributed by atoms with van der Waals surface area (Å²) in [6.45, 7) is 3.74. The number of carbonyl (C=O) groups is 1. The topological polar surface area (TPSA) is 75.7 Å². The maximum atomic E-state index is 12.8. The van der Waals surface area contributed by atoms with Crippen molar-refractivity contribution in [1.82, 2.24) is 0 Å². The summed E-state index contributed by atoms with van der Waals surface area (Å²) in [4.78, 5) is 12.8. The molecule has 2 aromatic carbocycles. The Labute approximate surface area is 169 Å². The molecule has 0 saturated heterocycles. The van der Waals surface area contributed by atoms with Crippen molar-refractivity contribution >= 4 is 50.5 Å². The molecule has 0 saturated carbocycles. The highest BCUT2D eigenvalue weighted by Gasteiger charge is 2.30. The van der Waals surface area contributed by atoms with Crippen molar-refractivity contribution in [2.75, 3.05) is 22.5 Å². The first-order valence-electron chi connectivity index (χ1n) is 8.11. The van der Waals surface area contributed by atoms with Crippen LogP contribution in [0.15, 0.2) is 42.5 Å². The lowest BCUT2D eigenvalue weighted by atomic mass is 10.2. The molecule has 9 heteroatoms. The average molecular weight is 431 g/mol. The Hall–Kier alpha value is -1.96. The molecule has 0 spiro atoms. The van der Waals surface area contributed by atoms with Gasteiger partial charge in [0.05, 0.1) is 24.2 Å². The Morgan fingerprint density at radius 1 is 1.19 bits per heavy atom. The summed E-state index contributed by atoms with van der Waals surface area (Å²) in [6, 6.07) is 10.2. The van der Waals surface area contributed by atoms with Gasteiger partial charge in [0.15, 0.2) is 0 Å². The van der Waals surface area contributed by atoms with Gasteiger partial charge in [0, 0.05) is 10.0 Å². The van der Waals surface area contributed by atoms with E-state index in [1.54, 1.807) is 24.3 Å². The summed E-state index contributed by atoms with van der Waals surface area (Å²) in [6.07, 6.45) is 1.01. The number of rotatable bonds is 7. The number of amides is 1. The summed E-state index contributed by atoms with van der Waals surface area (Å²) < 4.78 is 31.2. The Bertz CT molecular complexity index is 914. The number of carbonyl (C=O) groups excluding carboxylic acids is 1. The number of anilines is 2. The Morgan fingerprint density at radius 3 is 2.33 bits per heavy atom. The molecule has 0 aliphatic heterocycles. The zero-order valence-electron chi connectivity index (χ0n) is 15.1. The number of hydrogen-bond donors (Lipinski definition) is 1. The minimum atomic E-state index is -3.78. The van der Waals surface area contributed by atoms with Gasteiger partial charge in [0.25, 0.3) is 0 Å². The van der Waals surface area contributed by atoms with E-state index in [2.05, 4.69) is 5.32 Å². The van der Waals surface area contributed by atoms with Crippen LogP contribution in [-0.2, 0) is 14.8 Å². The van der Waals surface area contributed by atoms with E-state index < -0.39 is 22.0 Å². The zero-order chi connectivity index (χ0) is 20.2. The summed E-state index contributed by atoms with van der Waals surface area (Å²) in [5.74, 6) is -0.0269. The number of hydrogen-bond acceptors (Lipinski definition) is 4. The lowest BCUT2D eigenvalue weighted by molar-refractivity contribution is -0.116. The van der Waals surface area contributed by atoms with Gasteiger partial charge < -0.3 is 10.1 Å². The molecular weight excluding hydrogens is 411 g/mol. The van der Waals surface area contributed by atoms with E-state index in [4.69, 9.17) is 27.9 Å². The van der Waals surface area contributed by atoms with Crippen LogP contribution in [0.3, 0.4) is 0 Å². The predicted octanol–water partition coefficient (Wildman–Crippen LogP) is 4.19. The number of halogens is 2. The predicted molar refractivity (Wildman–Crippen MR) is 109 cm³/mol. The maximum absolute atomic E-state index is 12.8. The van der Waals surface area contributed by atoms with Gasteiger partial charge >= 0.3 is 0 Å². The van der Waals surface area contributed by atoms with Crippen molar-refractivity contribution in [1.29, 1.82) is 0 Å². The Kier molecular flexibility index (Phi) is 6.97. The van der Waals surface area contributed by atoms with Crippen LogP contribution in [-0.4, -0.2) is 33.2 Å². The largest absolute Gasteiger partial charge is 0.492 e. The van der Waals surface area contributed by atoms with Gasteiger partial charge in [-0.2, -0.15) is 0 Å². The van der Waals surface area contributed by atoms with Crippen LogP contribution in [0, 0.1) is 0 Å². The molecule has 6 nitrogen and oxygen atoms in total. The summed E-state index contributed by atoms with van der Waals surface area (Å²) in [7, 11) is -3.78. The van der Waals surface area contributed by atoms with Crippen molar-refractivity contribution in [2.45, 2.75) is 19.9 Å². The molecule has 0 fully saturated rings. The Balaban J connectivity index is 2.36. The van der Waals surface area contributed by atoms with Crippen molar-refractivity contribution < 1.29 is 17.9 Å². The van der Waals surface area contributed by atoms with Crippen LogP contribution in [0.5, 0.6) is 5.75 Å². The highest BCUT2D eigenvalue weighted by atomic mass is 35.5. The molecule has 2 aromatic rings. The van der Waals surface area contributed by atoms with Crippen molar-refractivity contribution in [2.24, 2.45) is 0 Å². The van der Waals surface area contributed by atoms with Crippen molar-refractivity contribution in [3.8, 4) is 5.75 Å². The quantitative estimate of drug-likeness (QED) is 0.714. The Morgan fingerprint density at radius 2 is 1.78 bits per heavy atom. The molecule has 0 heterocycles. The number of ether oxygens (including phenoxy) is 1. The lowest BCUT2D eigenvalue weighted by Crippen LogP contribution is -2.45. The summed E-state index contributed by atoms with van der Waals surface area (Å²) in [5, 5.41) is 3.24. The van der Waals surface area contributed by atoms with Crippen LogP contribution in [0.1, 0.15) is 13.8 Å². The number of para-hydroxylation sites is 2. The number of sulfonamides is 1. The average Bonchev–Trinajstić information content (AvgIpc) is 2.54. The van der Waals surface area contributed by atoms with E-state index in [9.17, 15) is 13.2 Å². The fourth-order valence-electron chi connectivity index (χ4n) is 2.56. The third-order valence-electron chi connectivity index (χ3n) is 3.64. The molecular formula is C18H20Cl2N2O4S. The lowest BCUT2D eigenvalue weighted by Gasteiger charge is -2.28. The van der Waals surface area contributed by atoms with E-state index in [-0.39, 0.29) is 15.7 Å². The monoisotopic (exact) mass is 430 g/mol. The second-order valence-corrected chi connectivity index (χ2v) is 8.51. The summed E-state index contributed by atoms with van der Waals surface area (Å²) >= 11 is 12.0. The third-order valence-corrected chi connectivity index (χ3v) is 5.31. The second kappa shape index (κ2) is 8.82. The number of benzene rings is 2. The van der Waals surface area contributed by atoms with Gasteiger partial charge in [-0.25, -0.2) is 8.42 Å². The SMILES string of the molecule is CCOc1ccccc1NC(=O)C(C)N(c1cc(Cl)cc(Cl)c1)S(C)(=O)=O. The highest BCUT2D eigenvalue weighted by molar-refractivity contribution is 7.92. The molecule has 1 unspecified atom stereocenters. The number of nitrogens with one attached hydrogen (secondary N) is 1. The van der Waals surface area contributed by atoms with Crippen LogP contribution in [0.25, 0.3) is 0 Å². The molecule has 0 radical (unpaired) electrons. The molecule has 1 N–H and O–H groups in total. The molecule has 2 rings (SSSR count). The molecule has 146 valence electrons. The molecule has 27 heavy (non-hydrogen) atoms. The molecule has 1 amide bonds. The van der Waals surface area contributed by atoms with Gasteiger partial charge in [-0.1, -0.05) is 35.3 Å². The van der Waals surface area contributed by atoms with E-state index in [1.165, 1.54) is 25.1 Å².